The summed E-state index contributed by atoms with van der Waals surface area (Å²) in [6.45, 7) is 10.9. The van der Waals surface area contributed by atoms with Crippen molar-refractivity contribution in [3.63, 3.8) is 0 Å². The molecule has 3 aliphatic rings. The van der Waals surface area contributed by atoms with Crippen LogP contribution in [0, 0.1) is 39.0 Å². The Hall–Kier alpha value is -4.11. The molecule has 0 aliphatic carbocycles. The normalized spacial score (nSPS) is 17.8. The number of anilines is 2. The topological polar surface area (TPSA) is 149 Å². The summed E-state index contributed by atoms with van der Waals surface area (Å²) in [5.41, 5.74) is 3.32. The molecule has 3 fully saturated rings. The number of hydrogen-bond acceptors (Lipinski definition) is 11. The van der Waals surface area contributed by atoms with Gasteiger partial charge in [0.1, 0.15) is 0 Å². The predicted molar refractivity (Wildman–Crippen MR) is 197 cm³/mol. The fourth-order valence-corrected chi connectivity index (χ4v) is 7.74. The number of rotatable bonds is 12. The molecule has 3 saturated heterocycles. The van der Waals surface area contributed by atoms with Gasteiger partial charge >= 0.3 is 0 Å². The summed E-state index contributed by atoms with van der Waals surface area (Å²) in [6, 6.07) is 20.1. The summed E-state index contributed by atoms with van der Waals surface area (Å²) >= 11 is 0. The van der Waals surface area contributed by atoms with Gasteiger partial charge < -0.3 is 14.5 Å². The molecule has 0 atom stereocenters. The molecular weight excluding hydrogens is 675 g/mol. The number of nitro benzene ring substituents is 2. The molecule has 13 nitrogen and oxygen atoms in total. The molecule has 0 N–H and O–H groups in total. The first-order valence-corrected chi connectivity index (χ1v) is 19.2. The molecule has 3 aliphatic heterocycles. The predicted octanol–water partition coefficient (Wildman–Crippen LogP) is 6.45. The average Bonchev–Trinajstić information content (AvgIpc) is 3.15. The van der Waals surface area contributed by atoms with Gasteiger partial charge in [-0.2, -0.15) is 8.42 Å². The maximum absolute atomic E-state index is 12.2. The van der Waals surface area contributed by atoms with Crippen LogP contribution < -0.4 is 9.80 Å². The molecule has 0 bridgehead atoms. The van der Waals surface area contributed by atoms with Crippen molar-refractivity contribution in [2.45, 2.75) is 50.3 Å². The van der Waals surface area contributed by atoms with Crippen molar-refractivity contribution < 1.29 is 27.2 Å². The lowest BCUT2D eigenvalue weighted by Gasteiger charge is -2.35. The summed E-state index contributed by atoms with van der Waals surface area (Å²) in [5, 5.41) is 21.5. The first-order chi connectivity index (χ1) is 24.6. The first kappa shape index (κ1) is 38.1. The van der Waals surface area contributed by atoms with Crippen LogP contribution in [0.4, 0.5) is 22.7 Å². The minimum atomic E-state index is -3.71. The van der Waals surface area contributed by atoms with E-state index in [-0.39, 0.29) is 27.8 Å². The lowest BCUT2D eigenvalue weighted by molar-refractivity contribution is -0.385. The van der Waals surface area contributed by atoms with E-state index in [0.717, 1.165) is 88.2 Å². The smallest absolute Gasteiger partial charge is 0.296 e. The molecule has 6 rings (SSSR count). The van der Waals surface area contributed by atoms with Gasteiger partial charge in [-0.05, 0) is 100 Å². The highest BCUT2D eigenvalue weighted by Gasteiger charge is 2.23. The van der Waals surface area contributed by atoms with E-state index in [1.54, 1.807) is 48.5 Å². The molecule has 3 heterocycles. The van der Waals surface area contributed by atoms with Crippen LogP contribution in [0.25, 0.3) is 0 Å². The number of nitro groups is 2. The van der Waals surface area contributed by atoms with E-state index in [0.29, 0.717) is 12.3 Å². The van der Waals surface area contributed by atoms with Gasteiger partial charge in [-0.15, -0.1) is 0 Å². The zero-order valence-electron chi connectivity index (χ0n) is 29.3. The van der Waals surface area contributed by atoms with Gasteiger partial charge in [0.25, 0.3) is 21.5 Å². The van der Waals surface area contributed by atoms with Crippen LogP contribution in [-0.2, 0) is 19.0 Å². The highest BCUT2D eigenvalue weighted by atomic mass is 32.2. The molecule has 0 radical (unpaired) electrons. The van der Waals surface area contributed by atoms with E-state index in [1.165, 1.54) is 37.9 Å². The Morgan fingerprint density at radius 3 is 1.59 bits per heavy atom. The van der Waals surface area contributed by atoms with Crippen LogP contribution in [0.15, 0.2) is 77.7 Å². The Labute approximate surface area is 300 Å². The van der Waals surface area contributed by atoms with Crippen LogP contribution >= 0.6 is 0 Å². The first-order valence-electron chi connectivity index (χ1n) is 17.8. The van der Waals surface area contributed by atoms with Crippen molar-refractivity contribution in [3.05, 3.63) is 98.6 Å². The number of nitrogens with zero attached hydrogens (tertiary/aromatic N) is 5. The van der Waals surface area contributed by atoms with Gasteiger partial charge in [-0.25, -0.2) is 0 Å². The van der Waals surface area contributed by atoms with Gasteiger partial charge in [-0.3, -0.25) is 29.3 Å². The van der Waals surface area contributed by atoms with Crippen molar-refractivity contribution in [2.24, 2.45) is 11.8 Å². The Kier molecular flexibility index (Phi) is 13.8. The Morgan fingerprint density at radius 2 is 1.14 bits per heavy atom. The number of piperidine rings is 2. The van der Waals surface area contributed by atoms with Gasteiger partial charge in [0, 0.05) is 74.9 Å². The number of ether oxygens (including phenoxy) is 1. The quantitative estimate of drug-likeness (QED) is 0.115. The molecule has 276 valence electrons. The SMILES string of the molecule is Cc1ccc(S(=O)(=O)OCCC2CCN(c3ccc([N+](=O)[O-])cc3)CC2)cc1.O=[N+]([O-])c1ccc(N2CCC(CCN3CCOCC3)CC2)cc1. The van der Waals surface area contributed by atoms with E-state index < -0.39 is 15.0 Å². The van der Waals surface area contributed by atoms with Crippen molar-refractivity contribution in [3.8, 4) is 0 Å². The van der Waals surface area contributed by atoms with Gasteiger partial charge in [0.05, 0.1) is 34.6 Å². The summed E-state index contributed by atoms with van der Waals surface area (Å²) < 4.78 is 35.0. The fraction of sp³-hybridized carbons (Fsp3) is 0.514. The van der Waals surface area contributed by atoms with Crippen molar-refractivity contribution in [1.29, 1.82) is 0 Å². The molecule has 51 heavy (non-hydrogen) atoms. The zero-order valence-corrected chi connectivity index (χ0v) is 30.1. The van der Waals surface area contributed by atoms with E-state index in [4.69, 9.17) is 8.92 Å². The number of hydrogen-bond donors (Lipinski definition) is 0. The molecule has 3 aromatic carbocycles. The third-order valence-electron chi connectivity index (χ3n) is 10.1. The molecular formula is C37H49N5O8S. The van der Waals surface area contributed by atoms with Crippen molar-refractivity contribution in [2.75, 3.05) is 75.4 Å². The maximum atomic E-state index is 12.2. The maximum Gasteiger partial charge on any atom is 0.296 e. The van der Waals surface area contributed by atoms with Crippen molar-refractivity contribution in [1.82, 2.24) is 4.90 Å². The lowest BCUT2D eigenvalue weighted by Crippen LogP contribution is -2.39. The number of morpholine rings is 1. The fourth-order valence-electron chi connectivity index (χ4n) is 6.82. The van der Waals surface area contributed by atoms with Crippen molar-refractivity contribution >= 4 is 32.9 Å². The third kappa shape index (κ3) is 11.4. The van der Waals surface area contributed by atoms with Gasteiger partial charge in [-0.1, -0.05) is 17.7 Å². The molecule has 0 aromatic heterocycles. The summed E-state index contributed by atoms with van der Waals surface area (Å²) in [5.74, 6) is 1.20. The summed E-state index contributed by atoms with van der Waals surface area (Å²) in [6.07, 6.45) is 6.26. The van der Waals surface area contributed by atoms with Crippen LogP contribution in [-0.4, -0.2) is 88.8 Å². The third-order valence-corrected chi connectivity index (χ3v) is 11.4. The highest BCUT2D eigenvalue weighted by molar-refractivity contribution is 7.86. The van der Waals surface area contributed by atoms with Crippen LogP contribution in [0.5, 0.6) is 0 Å². The molecule has 0 saturated carbocycles. The minimum Gasteiger partial charge on any atom is -0.379 e. The van der Waals surface area contributed by atoms with E-state index >= 15 is 0 Å². The zero-order chi connectivity index (χ0) is 36.2. The van der Waals surface area contributed by atoms with E-state index in [1.807, 2.05) is 19.1 Å². The Balaban J connectivity index is 0.000000201. The minimum absolute atomic E-state index is 0.0885. The van der Waals surface area contributed by atoms with Crippen LogP contribution in [0.1, 0.15) is 44.1 Å². The second kappa shape index (κ2) is 18.4. The summed E-state index contributed by atoms with van der Waals surface area (Å²) in [7, 11) is -3.71. The Bertz CT molecular complexity index is 1650. The second-order valence-electron chi connectivity index (χ2n) is 13.5. The van der Waals surface area contributed by atoms with Crippen LogP contribution in [0.3, 0.4) is 0 Å². The monoisotopic (exact) mass is 723 g/mol. The van der Waals surface area contributed by atoms with E-state index in [9.17, 15) is 28.6 Å². The molecule has 3 aromatic rings. The highest BCUT2D eigenvalue weighted by Crippen LogP contribution is 2.28. The van der Waals surface area contributed by atoms with Crippen LogP contribution in [0.2, 0.25) is 0 Å². The van der Waals surface area contributed by atoms with Gasteiger partial charge in [0.15, 0.2) is 0 Å². The Morgan fingerprint density at radius 1 is 0.686 bits per heavy atom. The number of non-ortho nitro benzene ring substituents is 2. The average molecular weight is 724 g/mol. The second-order valence-corrected chi connectivity index (χ2v) is 15.1. The molecule has 0 amide bonds. The van der Waals surface area contributed by atoms with E-state index in [2.05, 4.69) is 14.7 Å². The largest absolute Gasteiger partial charge is 0.379 e. The van der Waals surface area contributed by atoms with Gasteiger partial charge in [0.2, 0.25) is 0 Å². The number of aryl methyl sites for hydroxylation is 1. The molecule has 14 heteroatoms. The number of benzene rings is 3. The lowest BCUT2D eigenvalue weighted by atomic mass is 9.93. The standard InChI is InChI=1S/C20H24N2O5S.C17H25N3O3/c1-16-2-8-20(9-3-16)28(25,26)27-15-12-17-10-13-21(14-11-17)18-4-6-19(7-5-18)22(23)24;21-20(22)17-3-1-16(2-4-17)19-9-6-15(7-10-19)5-8-18-11-13-23-14-12-18/h2-9,17H,10-15H2,1H3;1-4,15H,5-14H2. The summed E-state index contributed by atoms with van der Waals surface area (Å²) in [4.78, 5) is 27.9. The molecule has 0 unspecified atom stereocenters. The molecule has 0 spiro atoms.